The van der Waals surface area contributed by atoms with Crippen LogP contribution in [0, 0.1) is 0 Å². The summed E-state index contributed by atoms with van der Waals surface area (Å²) >= 11 is 0. The quantitative estimate of drug-likeness (QED) is 0.586. The van der Waals surface area contributed by atoms with Gasteiger partial charge in [0.15, 0.2) is 0 Å². The Labute approximate surface area is 161 Å². The molecule has 8 heteroatoms. The van der Waals surface area contributed by atoms with Crippen LogP contribution in [0.5, 0.6) is 11.5 Å². The van der Waals surface area contributed by atoms with E-state index in [4.69, 9.17) is 0 Å². The summed E-state index contributed by atoms with van der Waals surface area (Å²) in [5.74, 6) is -1.58. The van der Waals surface area contributed by atoms with Crippen molar-refractivity contribution in [3.05, 3.63) is 71.1 Å². The highest BCUT2D eigenvalue weighted by Crippen LogP contribution is 2.20. The lowest BCUT2D eigenvalue weighted by Crippen LogP contribution is -2.02. The molecule has 2 rings (SSSR count). The summed E-state index contributed by atoms with van der Waals surface area (Å²) in [4.78, 5) is 31.3. The largest absolute Gasteiger partial charge is 0.507 e. The molecule has 144 valence electrons. The average Bonchev–Trinajstić information content (AvgIpc) is 2.71. The van der Waals surface area contributed by atoms with E-state index >= 15 is 0 Å². The molecule has 0 aromatic heterocycles. The van der Waals surface area contributed by atoms with Crippen LogP contribution < -0.4 is 0 Å². The molecule has 0 aliphatic carbocycles. The number of carbonyl (C=O) groups is 2. The minimum absolute atomic E-state index is 0.0139. The molecule has 0 fully saturated rings. The van der Waals surface area contributed by atoms with Crippen LogP contribution >= 0.6 is 0 Å². The predicted octanol–water partition coefficient (Wildman–Crippen LogP) is 2.68. The number of phenols is 2. The Morgan fingerprint density at radius 3 is 1.61 bits per heavy atom. The Morgan fingerprint density at radius 2 is 1.25 bits per heavy atom. The van der Waals surface area contributed by atoms with Gasteiger partial charge in [-0.25, -0.2) is 19.6 Å². The Kier molecular flexibility index (Phi) is 6.64. The number of carbonyl (C=O) groups excluding carboxylic acids is 2. The lowest BCUT2D eigenvalue weighted by Gasteiger charge is -2.03. The number of esters is 2. The second-order valence-corrected chi connectivity index (χ2v) is 5.47. The lowest BCUT2D eigenvalue weighted by atomic mass is 10.1. The number of benzene rings is 2. The van der Waals surface area contributed by atoms with Gasteiger partial charge in [-0.15, -0.1) is 0 Å². The van der Waals surface area contributed by atoms with Crippen LogP contribution in [0.2, 0.25) is 0 Å². The van der Waals surface area contributed by atoms with Gasteiger partial charge >= 0.3 is 11.9 Å². The number of rotatable bonds is 6. The minimum Gasteiger partial charge on any atom is -0.507 e. The first-order valence-corrected chi connectivity index (χ1v) is 7.95. The minimum atomic E-state index is -0.668. The van der Waals surface area contributed by atoms with Crippen molar-refractivity contribution in [3.63, 3.8) is 0 Å². The zero-order chi connectivity index (χ0) is 20.7. The molecule has 0 heterocycles. The number of hydrogen-bond donors (Lipinski definition) is 2. The summed E-state index contributed by atoms with van der Waals surface area (Å²) in [5, 5.41) is 19.4. The second kappa shape index (κ2) is 9.13. The van der Waals surface area contributed by atoms with Crippen LogP contribution in [-0.2, 0) is 9.47 Å². The van der Waals surface area contributed by atoms with Gasteiger partial charge < -0.3 is 19.7 Å². The second-order valence-electron chi connectivity index (χ2n) is 5.47. The molecule has 8 nitrogen and oxygen atoms in total. The van der Waals surface area contributed by atoms with E-state index in [1.165, 1.54) is 50.9 Å². The van der Waals surface area contributed by atoms with Crippen LogP contribution in [0.25, 0.3) is 0 Å². The molecule has 2 aromatic carbocycles. The zero-order valence-electron chi connectivity index (χ0n) is 15.2. The summed E-state index contributed by atoms with van der Waals surface area (Å²) in [7, 11) is 2.43. The van der Waals surface area contributed by atoms with Crippen molar-refractivity contribution in [2.75, 3.05) is 14.2 Å². The van der Waals surface area contributed by atoms with Gasteiger partial charge in [0.25, 0.3) is 0 Å². The fraction of sp³-hybridized carbons (Fsp3) is 0.100. The van der Waals surface area contributed by atoms with E-state index in [1.807, 2.05) is 0 Å². The van der Waals surface area contributed by atoms with Crippen LogP contribution in [0.15, 0.2) is 58.8 Å². The summed E-state index contributed by atoms with van der Waals surface area (Å²) in [6, 6.07) is 8.67. The van der Waals surface area contributed by atoms with E-state index < -0.39 is 11.9 Å². The first-order valence-electron chi connectivity index (χ1n) is 7.95. The number of hydrogen-bond acceptors (Lipinski definition) is 8. The van der Waals surface area contributed by atoms with Crippen molar-refractivity contribution in [2.45, 2.75) is 0 Å². The van der Waals surface area contributed by atoms with Gasteiger partial charge in [0.1, 0.15) is 28.4 Å². The summed E-state index contributed by atoms with van der Waals surface area (Å²) in [5.41, 5.74) is 1.10. The number of ether oxygens (including phenoxy) is 2. The number of aliphatic imine (C=N–C) groups is 2. The molecule has 0 saturated carbocycles. The zero-order valence-corrected chi connectivity index (χ0v) is 15.2. The summed E-state index contributed by atoms with van der Waals surface area (Å²) < 4.78 is 9.19. The van der Waals surface area contributed by atoms with Gasteiger partial charge in [-0.05, 0) is 47.5 Å². The first kappa shape index (κ1) is 20.4. The summed E-state index contributed by atoms with van der Waals surface area (Å²) in [6.45, 7) is 3.69. The van der Waals surface area contributed by atoms with E-state index in [2.05, 4.69) is 26.0 Å². The Morgan fingerprint density at radius 1 is 0.857 bits per heavy atom. The van der Waals surface area contributed by atoms with E-state index in [1.54, 1.807) is 12.1 Å². The fourth-order valence-electron chi connectivity index (χ4n) is 2.15. The average molecular weight is 382 g/mol. The number of aromatic hydroxyl groups is 2. The topological polar surface area (TPSA) is 118 Å². The molecule has 0 atom stereocenters. The third-order valence-corrected chi connectivity index (χ3v) is 3.58. The van der Waals surface area contributed by atoms with Gasteiger partial charge in [0.05, 0.1) is 14.2 Å². The van der Waals surface area contributed by atoms with Crippen molar-refractivity contribution in [2.24, 2.45) is 9.98 Å². The van der Waals surface area contributed by atoms with Crippen molar-refractivity contribution >= 4 is 24.4 Å². The van der Waals surface area contributed by atoms with Crippen molar-refractivity contribution < 1.29 is 29.3 Å². The maximum atomic E-state index is 11.6. The van der Waals surface area contributed by atoms with Crippen LogP contribution in [0.3, 0.4) is 0 Å². The standard InChI is InChI=1S/C20H18N2O6/c1-12(21-10-13-4-6-17(23)15(8-13)19(25)27-2)22-11-14-5-7-18(24)16(9-14)20(26)28-3/h4-11,23-24H,1H2,2-3H3. The number of phenolic OH excluding ortho intramolecular Hbond substituents is 2. The molecular weight excluding hydrogens is 364 g/mol. The normalized spacial score (nSPS) is 10.9. The van der Waals surface area contributed by atoms with Crippen LogP contribution in [0.1, 0.15) is 31.8 Å². The smallest absolute Gasteiger partial charge is 0.341 e. The van der Waals surface area contributed by atoms with Gasteiger partial charge in [-0.1, -0.05) is 6.58 Å². The van der Waals surface area contributed by atoms with Gasteiger partial charge in [-0.3, -0.25) is 0 Å². The molecular formula is C20H18N2O6. The molecule has 0 aliphatic heterocycles. The Hall–Kier alpha value is -3.94. The molecule has 0 aliphatic rings. The van der Waals surface area contributed by atoms with E-state index in [0.29, 0.717) is 11.1 Å². The molecule has 0 saturated heterocycles. The summed E-state index contributed by atoms with van der Waals surface area (Å²) in [6.07, 6.45) is 2.84. The van der Waals surface area contributed by atoms with Gasteiger partial charge in [-0.2, -0.15) is 0 Å². The molecule has 0 unspecified atom stereocenters. The monoisotopic (exact) mass is 382 g/mol. The molecule has 0 bridgehead atoms. The third kappa shape index (κ3) is 5.04. The fourth-order valence-corrected chi connectivity index (χ4v) is 2.15. The highest BCUT2D eigenvalue weighted by Gasteiger charge is 2.12. The van der Waals surface area contributed by atoms with Crippen LogP contribution in [-0.4, -0.2) is 48.8 Å². The Bertz CT molecular complexity index is 901. The number of methoxy groups -OCH3 is 2. The first-order chi connectivity index (χ1) is 13.3. The van der Waals surface area contributed by atoms with Crippen molar-refractivity contribution in [1.82, 2.24) is 0 Å². The van der Waals surface area contributed by atoms with Crippen LogP contribution in [0.4, 0.5) is 0 Å². The maximum absolute atomic E-state index is 11.6. The third-order valence-electron chi connectivity index (χ3n) is 3.58. The lowest BCUT2D eigenvalue weighted by molar-refractivity contribution is 0.0588. The van der Waals surface area contributed by atoms with E-state index in [0.717, 1.165) is 0 Å². The molecule has 0 amide bonds. The Balaban J connectivity index is 2.14. The molecule has 2 aromatic rings. The molecule has 2 N–H and O–H groups in total. The molecule has 0 spiro atoms. The predicted molar refractivity (Wildman–Crippen MR) is 103 cm³/mol. The van der Waals surface area contributed by atoms with E-state index in [9.17, 15) is 19.8 Å². The van der Waals surface area contributed by atoms with Gasteiger partial charge in [0.2, 0.25) is 0 Å². The highest BCUT2D eigenvalue weighted by atomic mass is 16.5. The van der Waals surface area contributed by atoms with Gasteiger partial charge in [0, 0.05) is 12.4 Å². The van der Waals surface area contributed by atoms with Crippen molar-refractivity contribution in [1.29, 1.82) is 0 Å². The maximum Gasteiger partial charge on any atom is 0.341 e. The number of nitrogens with zero attached hydrogens (tertiary/aromatic N) is 2. The SMILES string of the molecule is C=C(N=Cc1ccc(O)c(C(=O)OC)c1)N=Cc1ccc(O)c(C(=O)OC)c1. The van der Waals surface area contributed by atoms with Crippen molar-refractivity contribution in [3.8, 4) is 11.5 Å². The highest BCUT2D eigenvalue weighted by molar-refractivity contribution is 5.96. The molecule has 28 heavy (non-hydrogen) atoms. The van der Waals surface area contributed by atoms with E-state index in [-0.39, 0.29) is 28.4 Å². The molecule has 0 radical (unpaired) electrons.